The van der Waals surface area contributed by atoms with Crippen molar-refractivity contribution in [2.45, 2.75) is 19.8 Å². The summed E-state index contributed by atoms with van der Waals surface area (Å²) in [6, 6.07) is 0. The number of allylic oxidation sites excluding steroid dienone is 4. The van der Waals surface area contributed by atoms with Crippen LogP contribution < -0.4 is 0 Å². The lowest BCUT2D eigenvalue weighted by Crippen LogP contribution is -2.19. The molecule has 0 amide bonds. The van der Waals surface area contributed by atoms with E-state index in [0.717, 1.165) is 5.92 Å². The third-order valence-corrected chi connectivity index (χ3v) is 2.79. The first-order valence-electron chi connectivity index (χ1n) is 4.27. The van der Waals surface area contributed by atoms with Gasteiger partial charge in [-0.1, -0.05) is 24.6 Å². The third-order valence-electron chi connectivity index (χ3n) is 2.79. The van der Waals surface area contributed by atoms with Crippen molar-refractivity contribution in [3.8, 4) is 0 Å². The van der Waals surface area contributed by atoms with Crippen molar-refractivity contribution in [1.29, 1.82) is 5.41 Å². The molecule has 0 aromatic rings. The molecule has 0 aromatic carbocycles. The van der Waals surface area contributed by atoms with E-state index in [9.17, 15) is 0 Å². The summed E-state index contributed by atoms with van der Waals surface area (Å²) in [6.07, 6.45) is 8.52. The van der Waals surface area contributed by atoms with E-state index >= 15 is 0 Å². The smallest absolute Gasteiger partial charge is 0.0212 e. The molecule has 1 heteroatoms. The van der Waals surface area contributed by atoms with Crippen LogP contribution in [0.3, 0.4) is 0 Å². The molecule has 0 fully saturated rings. The molecule has 1 N–H and O–H groups in total. The Morgan fingerprint density at radius 2 is 2.45 bits per heavy atom. The number of rotatable bonds is 2. The average Bonchev–Trinajstić information content (AvgIpc) is 2.31. The molecule has 0 bridgehead atoms. The molecule has 2 aliphatic rings. The molecule has 58 valence electrons. The maximum absolute atomic E-state index is 7.11. The van der Waals surface area contributed by atoms with Gasteiger partial charge in [0, 0.05) is 12.1 Å². The summed E-state index contributed by atoms with van der Waals surface area (Å²) >= 11 is 0. The monoisotopic (exact) mass is 147 g/mol. The largest absolute Gasteiger partial charge is 0.308 e. The molecule has 2 unspecified atom stereocenters. The van der Waals surface area contributed by atoms with E-state index in [-0.39, 0.29) is 0 Å². The van der Waals surface area contributed by atoms with E-state index in [1.165, 1.54) is 24.6 Å². The van der Waals surface area contributed by atoms with E-state index in [2.05, 4.69) is 19.1 Å². The summed E-state index contributed by atoms with van der Waals surface area (Å²) < 4.78 is 0. The molecular weight excluding hydrogens is 134 g/mol. The van der Waals surface area contributed by atoms with Crippen LogP contribution in [0.1, 0.15) is 19.8 Å². The van der Waals surface area contributed by atoms with E-state index in [1.54, 1.807) is 5.57 Å². The minimum absolute atomic E-state index is 0.613. The highest BCUT2D eigenvalue weighted by molar-refractivity contribution is 5.80. The van der Waals surface area contributed by atoms with Crippen molar-refractivity contribution in [3.05, 3.63) is 23.3 Å². The fraction of sp³-hybridized carbons (Fsp3) is 0.500. The first kappa shape index (κ1) is 6.84. The van der Waals surface area contributed by atoms with Gasteiger partial charge in [0.05, 0.1) is 0 Å². The molecule has 1 nitrogen and oxygen atoms in total. The minimum Gasteiger partial charge on any atom is -0.308 e. The number of nitrogens with one attached hydrogen (secondary N) is 1. The van der Waals surface area contributed by atoms with Crippen molar-refractivity contribution in [2.75, 3.05) is 0 Å². The number of hydrogen-bond acceptors (Lipinski definition) is 1. The summed E-state index contributed by atoms with van der Waals surface area (Å²) in [5, 5.41) is 7.11. The predicted molar refractivity (Wildman–Crippen MR) is 46.8 cm³/mol. The quantitative estimate of drug-likeness (QED) is 0.458. The standard InChI is InChI=1S/C10H13N/c1-2-7-3-8-5-9(6-11)10(8)4-7/h4-6,8,10-11H,2-3H2,1H3. The summed E-state index contributed by atoms with van der Waals surface area (Å²) in [5.41, 5.74) is 2.80. The molecule has 2 rings (SSSR count). The van der Waals surface area contributed by atoms with Gasteiger partial charge in [-0.3, -0.25) is 0 Å². The maximum Gasteiger partial charge on any atom is 0.0212 e. The molecule has 0 aromatic heterocycles. The highest BCUT2D eigenvalue weighted by atomic mass is 14.4. The Balaban J connectivity index is 2.14. The number of hydrogen-bond donors (Lipinski definition) is 1. The second kappa shape index (κ2) is 2.33. The molecular formula is C10H13N. The lowest BCUT2D eigenvalue weighted by molar-refractivity contribution is 0.522. The van der Waals surface area contributed by atoms with E-state index in [1.807, 2.05) is 0 Å². The normalized spacial score (nSPS) is 33.5. The zero-order valence-electron chi connectivity index (χ0n) is 6.80. The second-order valence-electron chi connectivity index (χ2n) is 3.38. The van der Waals surface area contributed by atoms with Gasteiger partial charge < -0.3 is 5.41 Å². The molecule has 2 aliphatic carbocycles. The molecule has 2 atom stereocenters. The van der Waals surface area contributed by atoms with E-state index < -0.39 is 0 Å². The van der Waals surface area contributed by atoms with Crippen LogP contribution in [0.5, 0.6) is 0 Å². The lowest BCUT2D eigenvalue weighted by atomic mass is 9.77. The summed E-state index contributed by atoms with van der Waals surface area (Å²) in [7, 11) is 0. The minimum atomic E-state index is 0.613. The zero-order chi connectivity index (χ0) is 7.84. The third kappa shape index (κ3) is 0.873. The Kier molecular flexibility index (Phi) is 1.45. The number of fused-ring (bicyclic) bond motifs is 1. The second-order valence-corrected chi connectivity index (χ2v) is 3.38. The molecule has 0 saturated heterocycles. The van der Waals surface area contributed by atoms with Gasteiger partial charge in [-0.2, -0.15) is 0 Å². The topological polar surface area (TPSA) is 23.9 Å². The summed E-state index contributed by atoms with van der Waals surface area (Å²) in [4.78, 5) is 0. The molecule has 0 radical (unpaired) electrons. The molecule has 0 aliphatic heterocycles. The first-order valence-corrected chi connectivity index (χ1v) is 4.27. The van der Waals surface area contributed by atoms with Gasteiger partial charge in [0.15, 0.2) is 0 Å². The Hall–Kier alpha value is -0.850. The van der Waals surface area contributed by atoms with Gasteiger partial charge in [-0.15, -0.1) is 0 Å². The fourth-order valence-corrected chi connectivity index (χ4v) is 2.03. The van der Waals surface area contributed by atoms with Crippen molar-refractivity contribution in [2.24, 2.45) is 11.8 Å². The summed E-state index contributed by atoms with van der Waals surface area (Å²) in [5.74, 6) is 1.36. The van der Waals surface area contributed by atoms with Crippen LogP contribution in [0.4, 0.5) is 0 Å². The highest BCUT2D eigenvalue weighted by Gasteiger charge is 2.34. The lowest BCUT2D eigenvalue weighted by Gasteiger charge is -2.26. The Bertz CT molecular complexity index is 248. The SMILES string of the molecule is CCC1=CC2C(C=N)=CC2C1. The zero-order valence-corrected chi connectivity index (χ0v) is 6.80. The maximum atomic E-state index is 7.11. The Morgan fingerprint density at radius 3 is 3.09 bits per heavy atom. The van der Waals surface area contributed by atoms with Gasteiger partial charge in [-0.25, -0.2) is 0 Å². The Labute approximate surface area is 67.3 Å². The van der Waals surface area contributed by atoms with Crippen LogP contribution in [0.2, 0.25) is 0 Å². The average molecular weight is 147 g/mol. The van der Waals surface area contributed by atoms with Crippen molar-refractivity contribution >= 4 is 6.21 Å². The molecule has 0 spiro atoms. The van der Waals surface area contributed by atoms with Crippen LogP contribution in [-0.2, 0) is 0 Å². The van der Waals surface area contributed by atoms with Crippen LogP contribution in [0, 0.1) is 17.2 Å². The molecule has 0 heterocycles. The van der Waals surface area contributed by atoms with Gasteiger partial charge in [0.1, 0.15) is 0 Å². The van der Waals surface area contributed by atoms with E-state index in [0.29, 0.717) is 5.92 Å². The van der Waals surface area contributed by atoms with Gasteiger partial charge in [-0.05, 0) is 24.3 Å². The fourth-order valence-electron chi connectivity index (χ4n) is 2.03. The van der Waals surface area contributed by atoms with Gasteiger partial charge >= 0.3 is 0 Å². The Morgan fingerprint density at radius 1 is 1.64 bits per heavy atom. The van der Waals surface area contributed by atoms with Crippen LogP contribution in [-0.4, -0.2) is 6.21 Å². The van der Waals surface area contributed by atoms with Crippen molar-refractivity contribution in [1.82, 2.24) is 0 Å². The van der Waals surface area contributed by atoms with E-state index in [4.69, 9.17) is 5.41 Å². The highest BCUT2D eigenvalue weighted by Crippen LogP contribution is 2.44. The van der Waals surface area contributed by atoms with Crippen molar-refractivity contribution < 1.29 is 0 Å². The molecule has 11 heavy (non-hydrogen) atoms. The van der Waals surface area contributed by atoms with Crippen LogP contribution in [0.25, 0.3) is 0 Å². The molecule has 0 saturated carbocycles. The summed E-state index contributed by atoms with van der Waals surface area (Å²) in [6.45, 7) is 2.21. The van der Waals surface area contributed by atoms with Crippen LogP contribution in [0.15, 0.2) is 23.3 Å². The van der Waals surface area contributed by atoms with Gasteiger partial charge in [0.25, 0.3) is 0 Å². The van der Waals surface area contributed by atoms with Gasteiger partial charge in [0.2, 0.25) is 0 Å². The predicted octanol–water partition coefficient (Wildman–Crippen LogP) is 2.55. The first-order chi connectivity index (χ1) is 5.35. The van der Waals surface area contributed by atoms with Crippen LogP contribution >= 0.6 is 0 Å². The van der Waals surface area contributed by atoms with Crippen molar-refractivity contribution in [3.63, 3.8) is 0 Å².